The van der Waals surface area contributed by atoms with Gasteiger partial charge in [0.25, 0.3) is 0 Å². The highest BCUT2D eigenvalue weighted by molar-refractivity contribution is 7.08. The summed E-state index contributed by atoms with van der Waals surface area (Å²) in [6.07, 6.45) is 0. The number of carbonyl (C=O) groups excluding carboxylic acids is 1. The van der Waals surface area contributed by atoms with Gasteiger partial charge >= 0.3 is 0 Å². The average Bonchev–Trinajstić information content (AvgIpc) is 3.32. The number of thiophene rings is 1. The molecule has 0 unspecified atom stereocenters. The van der Waals surface area contributed by atoms with Crippen LogP contribution in [-0.4, -0.2) is 45.9 Å². The Balaban J connectivity index is 1.38. The van der Waals surface area contributed by atoms with Crippen molar-refractivity contribution in [1.82, 2.24) is 25.5 Å². The molecule has 2 aromatic heterocycles. The van der Waals surface area contributed by atoms with E-state index < -0.39 is 0 Å². The standard InChI is InChI=1S/C17H19N5O3S/c1-2-24-14-3-5-15(6-4-14)25-9-8-18-16(23)11-22-20-17(19-21-22)13-7-10-26-12-13/h3-7,10,12H,2,8-9,11H2,1H3,(H,18,23). The SMILES string of the molecule is CCOc1ccc(OCCNC(=O)Cn2nnc(-c3ccsc3)n2)cc1. The third kappa shape index (κ3) is 5.03. The van der Waals surface area contributed by atoms with Gasteiger partial charge in [-0.2, -0.15) is 16.1 Å². The van der Waals surface area contributed by atoms with Crippen LogP contribution in [0, 0.1) is 0 Å². The Labute approximate surface area is 154 Å². The van der Waals surface area contributed by atoms with Crippen molar-refractivity contribution in [1.29, 1.82) is 0 Å². The Kier molecular flexibility index (Phi) is 6.15. The summed E-state index contributed by atoms with van der Waals surface area (Å²) in [4.78, 5) is 13.2. The van der Waals surface area contributed by atoms with Crippen molar-refractivity contribution >= 4 is 17.2 Å². The van der Waals surface area contributed by atoms with Gasteiger partial charge in [-0.25, -0.2) is 0 Å². The van der Waals surface area contributed by atoms with Crippen molar-refractivity contribution < 1.29 is 14.3 Å². The molecule has 1 amide bonds. The molecule has 1 aromatic carbocycles. The van der Waals surface area contributed by atoms with E-state index in [1.165, 1.54) is 4.80 Å². The Morgan fingerprint density at radius 1 is 1.19 bits per heavy atom. The first-order valence-electron chi connectivity index (χ1n) is 8.17. The molecule has 136 valence electrons. The first-order chi connectivity index (χ1) is 12.7. The fourth-order valence-corrected chi connectivity index (χ4v) is 2.79. The minimum Gasteiger partial charge on any atom is -0.494 e. The van der Waals surface area contributed by atoms with Crippen molar-refractivity contribution in [3.63, 3.8) is 0 Å². The lowest BCUT2D eigenvalue weighted by Gasteiger charge is -2.08. The van der Waals surface area contributed by atoms with E-state index in [0.717, 1.165) is 17.1 Å². The second kappa shape index (κ2) is 8.95. The summed E-state index contributed by atoms with van der Waals surface area (Å²) in [5, 5.41) is 18.6. The highest BCUT2D eigenvalue weighted by Crippen LogP contribution is 2.17. The van der Waals surface area contributed by atoms with E-state index in [0.29, 0.717) is 25.6 Å². The number of ether oxygens (including phenoxy) is 2. The predicted octanol–water partition coefficient (Wildman–Crippen LogP) is 2.00. The zero-order valence-corrected chi connectivity index (χ0v) is 15.1. The fourth-order valence-electron chi connectivity index (χ4n) is 2.16. The highest BCUT2D eigenvalue weighted by atomic mass is 32.1. The van der Waals surface area contributed by atoms with Crippen LogP contribution >= 0.6 is 11.3 Å². The van der Waals surface area contributed by atoms with E-state index in [2.05, 4.69) is 20.7 Å². The number of hydrogen-bond donors (Lipinski definition) is 1. The van der Waals surface area contributed by atoms with Crippen LogP contribution < -0.4 is 14.8 Å². The zero-order chi connectivity index (χ0) is 18.2. The molecule has 0 saturated heterocycles. The van der Waals surface area contributed by atoms with Crippen LogP contribution in [0.5, 0.6) is 11.5 Å². The van der Waals surface area contributed by atoms with Gasteiger partial charge in [-0.05, 0) is 47.8 Å². The zero-order valence-electron chi connectivity index (χ0n) is 14.3. The summed E-state index contributed by atoms with van der Waals surface area (Å²) in [5.41, 5.74) is 0.894. The molecule has 9 heteroatoms. The van der Waals surface area contributed by atoms with Crippen LogP contribution in [0.1, 0.15) is 6.92 Å². The molecule has 0 aliphatic heterocycles. The maximum Gasteiger partial charge on any atom is 0.243 e. The molecule has 26 heavy (non-hydrogen) atoms. The Hall–Kier alpha value is -2.94. The van der Waals surface area contributed by atoms with Crippen LogP contribution in [0.4, 0.5) is 0 Å². The number of benzene rings is 1. The molecule has 1 N–H and O–H groups in total. The summed E-state index contributed by atoms with van der Waals surface area (Å²) in [6, 6.07) is 9.26. The number of nitrogens with one attached hydrogen (secondary N) is 1. The lowest BCUT2D eigenvalue weighted by Crippen LogP contribution is -2.31. The largest absolute Gasteiger partial charge is 0.494 e. The van der Waals surface area contributed by atoms with Crippen LogP contribution in [0.2, 0.25) is 0 Å². The molecule has 3 rings (SSSR count). The maximum absolute atomic E-state index is 11.9. The molecule has 0 atom stereocenters. The van der Waals surface area contributed by atoms with Crippen LogP contribution in [0.15, 0.2) is 41.1 Å². The average molecular weight is 373 g/mol. The Bertz CT molecular complexity index is 817. The lowest BCUT2D eigenvalue weighted by molar-refractivity contribution is -0.122. The molecule has 0 radical (unpaired) electrons. The quantitative estimate of drug-likeness (QED) is 0.577. The molecule has 0 saturated carbocycles. The van der Waals surface area contributed by atoms with Crippen molar-refractivity contribution in [3.8, 4) is 22.9 Å². The molecule has 0 fully saturated rings. The smallest absolute Gasteiger partial charge is 0.243 e. The monoisotopic (exact) mass is 373 g/mol. The first kappa shape index (κ1) is 17.9. The van der Waals surface area contributed by atoms with Gasteiger partial charge in [0.1, 0.15) is 24.7 Å². The van der Waals surface area contributed by atoms with Gasteiger partial charge in [-0.15, -0.1) is 10.2 Å². The normalized spacial score (nSPS) is 10.5. The molecular weight excluding hydrogens is 354 g/mol. The summed E-state index contributed by atoms with van der Waals surface area (Å²) < 4.78 is 10.9. The summed E-state index contributed by atoms with van der Waals surface area (Å²) >= 11 is 1.56. The van der Waals surface area contributed by atoms with E-state index in [9.17, 15) is 4.79 Å². The second-order valence-electron chi connectivity index (χ2n) is 5.26. The predicted molar refractivity (Wildman–Crippen MR) is 97.2 cm³/mol. The van der Waals surface area contributed by atoms with Crippen molar-refractivity contribution in [3.05, 3.63) is 41.1 Å². The van der Waals surface area contributed by atoms with Crippen LogP contribution in [0.25, 0.3) is 11.4 Å². The molecule has 8 nitrogen and oxygen atoms in total. The van der Waals surface area contributed by atoms with Crippen molar-refractivity contribution in [2.45, 2.75) is 13.5 Å². The number of carbonyl (C=O) groups is 1. The van der Waals surface area contributed by atoms with Gasteiger partial charge in [0.15, 0.2) is 0 Å². The number of rotatable bonds is 9. The number of aromatic nitrogens is 4. The molecular formula is C17H19N5O3S. The van der Waals surface area contributed by atoms with E-state index in [4.69, 9.17) is 9.47 Å². The van der Waals surface area contributed by atoms with E-state index in [1.54, 1.807) is 11.3 Å². The van der Waals surface area contributed by atoms with E-state index in [-0.39, 0.29) is 12.5 Å². The number of amides is 1. The molecule has 0 spiro atoms. The molecule has 0 aliphatic rings. The highest BCUT2D eigenvalue weighted by Gasteiger charge is 2.09. The van der Waals surface area contributed by atoms with Gasteiger partial charge in [0.2, 0.25) is 11.7 Å². The fraction of sp³-hybridized carbons (Fsp3) is 0.294. The lowest BCUT2D eigenvalue weighted by atomic mass is 10.3. The van der Waals surface area contributed by atoms with Crippen molar-refractivity contribution in [2.24, 2.45) is 0 Å². The number of tetrazole rings is 1. The topological polar surface area (TPSA) is 91.2 Å². The van der Waals surface area contributed by atoms with E-state index in [1.807, 2.05) is 48.0 Å². The second-order valence-corrected chi connectivity index (χ2v) is 6.04. The minimum absolute atomic E-state index is 0.0141. The van der Waals surface area contributed by atoms with Crippen LogP contribution in [0.3, 0.4) is 0 Å². The summed E-state index contributed by atoms with van der Waals surface area (Å²) in [6.45, 7) is 3.33. The number of hydrogen-bond acceptors (Lipinski definition) is 7. The van der Waals surface area contributed by atoms with Gasteiger partial charge in [-0.1, -0.05) is 0 Å². The molecule has 2 heterocycles. The number of nitrogens with zero attached hydrogens (tertiary/aromatic N) is 4. The Morgan fingerprint density at radius 3 is 2.65 bits per heavy atom. The van der Waals surface area contributed by atoms with E-state index >= 15 is 0 Å². The van der Waals surface area contributed by atoms with Gasteiger partial charge < -0.3 is 14.8 Å². The molecule has 0 aliphatic carbocycles. The Morgan fingerprint density at radius 2 is 1.96 bits per heavy atom. The molecule has 0 bridgehead atoms. The third-order valence-corrected chi connectivity index (χ3v) is 4.03. The minimum atomic E-state index is -0.199. The first-order valence-corrected chi connectivity index (χ1v) is 9.11. The summed E-state index contributed by atoms with van der Waals surface area (Å²) in [5.74, 6) is 1.84. The molecule has 3 aromatic rings. The van der Waals surface area contributed by atoms with Crippen LogP contribution in [-0.2, 0) is 11.3 Å². The maximum atomic E-state index is 11.9. The summed E-state index contributed by atoms with van der Waals surface area (Å²) in [7, 11) is 0. The third-order valence-electron chi connectivity index (χ3n) is 3.34. The van der Waals surface area contributed by atoms with Crippen molar-refractivity contribution in [2.75, 3.05) is 19.8 Å². The van der Waals surface area contributed by atoms with Gasteiger partial charge in [0.05, 0.1) is 13.2 Å². The van der Waals surface area contributed by atoms with Gasteiger partial charge in [-0.3, -0.25) is 4.79 Å². The van der Waals surface area contributed by atoms with Gasteiger partial charge in [0, 0.05) is 10.9 Å².